The largest absolute Gasteiger partial charge is 0.319 e. The van der Waals surface area contributed by atoms with E-state index in [1.54, 1.807) is 0 Å². The molecule has 2 aliphatic rings. The summed E-state index contributed by atoms with van der Waals surface area (Å²) in [6, 6.07) is 17.7. The highest BCUT2D eigenvalue weighted by molar-refractivity contribution is 6.24. The fourth-order valence-electron chi connectivity index (χ4n) is 3.55. The molecule has 2 aromatic rings. The van der Waals surface area contributed by atoms with Crippen LogP contribution in [-0.4, -0.2) is 17.7 Å². The Balaban J connectivity index is 1.81. The minimum absolute atomic E-state index is 0.167. The molecule has 0 aliphatic carbocycles. The maximum Gasteiger partial charge on any atom is 0.170 e. The summed E-state index contributed by atoms with van der Waals surface area (Å²) in [7, 11) is 0. The molecule has 1 N–H and O–H groups in total. The summed E-state index contributed by atoms with van der Waals surface area (Å²) in [4.78, 5) is 14.7. The van der Waals surface area contributed by atoms with E-state index in [9.17, 15) is 4.79 Å². The van der Waals surface area contributed by atoms with Gasteiger partial charge in [0.1, 0.15) is 11.8 Å². The molecule has 0 spiro atoms. The monoisotopic (exact) mass is 276 g/mol. The lowest BCUT2D eigenvalue weighted by Gasteiger charge is -2.32. The molecule has 3 nitrogen and oxygen atoms in total. The van der Waals surface area contributed by atoms with Gasteiger partial charge in [0, 0.05) is 5.69 Å². The van der Waals surface area contributed by atoms with Gasteiger partial charge < -0.3 is 4.90 Å². The first-order valence-corrected chi connectivity index (χ1v) is 7.31. The molecule has 4 rings (SSSR count). The van der Waals surface area contributed by atoms with Gasteiger partial charge >= 0.3 is 0 Å². The summed E-state index contributed by atoms with van der Waals surface area (Å²) >= 11 is 0. The number of hydrogen-bond acceptors (Lipinski definition) is 2. The smallest absolute Gasteiger partial charge is 0.170 e. The molecule has 0 bridgehead atoms. The Hall–Kier alpha value is -2.42. The van der Waals surface area contributed by atoms with Gasteiger partial charge in [0.25, 0.3) is 0 Å². The van der Waals surface area contributed by atoms with Crippen LogP contribution in [0.3, 0.4) is 0 Å². The van der Waals surface area contributed by atoms with Crippen molar-refractivity contribution in [1.29, 1.82) is 5.41 Å². The van der Waals surface area contributed by atoms with Crippen LogP contribution < -0.4 is 4.90 Å². The Kier molecular flexibility index (Phi) is 2.67. The topological polar surface area (TPSA) is 44.2 Å². The highest BCUT2D eigenvalue weighted by atomic mass is 16.1. The van der Waals surface area contributed by atoms with Crippen LogP contribution in [0.5, 0.6) is 0 Å². The van der Waals surface area contributed by atoms with Crippen molar-refractivity contribution in [1.82, 2.24) is 0 Å². The summed E-state index contributed by atoms with van der Waals surface area (Å²) < 4.78 is 0. The number of Topliss-reactive ketones (excluding diaryl/α,β-unsaturated/α-hetero) is 1. The zero-order chi connectivity index (χ0) is 14.4. The third-order valence-corrected chi connectivity index (χ3v) is 4.53. The van der Waals surface area contributed by atoms with E-state index in [1.807, 2.05) is 53.4 Å². The molecule has 2 aromatic carbocycles. The summed E-state index contributed by atoms with van der Waals surface area (Å²) in [6.45, 7) is 0. The summed E-state index contributed by atoms with van der Waals surface area (Å²) in [6.07, 6.45) is 1.72. The van der Waals surface area contributed by atoms with Gasteiger partial charge in [-0.25, -0.2) is 0 Å². The third kappa shape index (κ3) is 1.74. The number of para-hydroxylation sites is 1. The lowest BCUT2D eigenvalue weighted by atomic mass is 9.91. The standard InChI is InChI=1S/C18H16N2O/c19-18-16(13-7-2-1-3-8-13)17(21)15-11-10-12-6-4-5-9-14(12)20(15)18/h1-9,15-16,19H,10-11H2. The molecule has 104 valence electrons. The van der Waals surface area contributed by atoms with Crippen LogP contribution in [0.25, 0.3) is 0 Å². The molecule has 2 aliphatic heterocycles. The Morgan fingerprint density at radius 2 is 1.71 bits per heavy atom. The first-order valence-electron chi connectivity index (χ1n) is 7.31. The average molecular weight is 276 g/mol. The number of rotatable bonds is 1. The number of nitrogens with zero attached hydrogens (tertiary/aromatic N) is 1. The van der Waals surface area contributed by atoms with Crippen LogP contribution in [0, 0.1) is 5.41 Å². The number of carbonyl (C=O) groups excluding carboxylic acids is 1. The SMILES string of the molecule is N=C1C(c2ccccc2)C(=O)C2CCc3ccccc3N12. The van der Waals surface area contributed by atoms with E-state index in [0.29, 0.717) is 5.84 Å². The summed E-state index contributed by atoms with van der Waals surface area (Å²) in [5.41, 5.74) is 3.20. The van der Waals surface area contributed by atoms with Gasteiger partial charge in [0.2, 0.25) is 0 Å². The molecule has 1 saturated heterocycles. The highest BCUT2D eigenvalue weighted by Crippen LogP contribution is 2.40. The molecule has 2 unspecified atom stereocenters. The first-order chi connectivity index (χ1) is 10.3. The summed E-state index contributed by atoms with van der Waals surface area (Å²) in [5, 5.41) is 8.53. The quantitative estimate of drug-likeness (QED) is 0.869. The van der Waals surface area contributed by atoms with E-state index < -0.39 is 5.92 Å². The second-order valence-electron chi connectivity index (χ2n) is 5.68. The number of aryl methyl sites for hydroxylation is 1. The minimum Gasteiger partial charge on any atom is -0.319 e. The predicted molar refractivity (Wildman–Crippen MR) is 82.9 cm³/mol. The van der Waals surface area contributed by atoms with Gasteiger partial charge in [0.05, 0.1) is 6.04 Å². The van der Waals surface area contributed by atoms with Gasteiger partial charge in [-0.2, -0.15) is 0 Å². The van der Waals surface area contributed by atoms with E-state index in [0.717, 1.165) is 24.1 Å². The van der Waals surface area contributed by atoms with Crippen LogP contribution in [-0.2, 0) is 11.2 Å². The lowest BCUT2D eigenvalue weighted by molar-refractivity contribution is -0.119. The molecule has 2 atom stereocenters. The van der Waals surface area contributed by atoms with Crippen LogP contribution in [0.15, 0.2) is 54.6 Å². The van der Waals surface area contributed by atoms with Gasteiger partial charge in [-0.05, 0) is 30.0 Å². The zero-order valence-electron chi connectivity index (χ0n) is 11.6. The van der Waals surface area contributed by atoms with Crippen molar-refractivity contribution in [3.05, 3.63) is 65.7 Å². The van der Waals surface area contributed by atoms with Crippen LogP contribution in [0.4, 0.5) is 5.69 Å². The highest BCUT2D eigenvalue weighted by Gasteiger charge is 2.47. The van der Waals surface area contributed by atoms with E-state index in [-0.39, 0.29) is 11.8 Å². The van der Waals surface area contributed by atoms with Crippen molar-refractivity contribution < 1.29 is 4.79 Å². The lowest BCUT2D eigenvalue weighted by Crippen LogP contribution is -2.39. The van der Waals surface area contributed by atoms with Crippen LogP contribution in [0.1, 0.15) is 23.5 Å². The van der Waals surface area contributed by atoms with Gasteiger partial charge in [-0.3, -0.25) is 10.2 Å². The van der Waals surface area contributed by atoms with Crippen molar-refractivity contribution in [2.24, 2.45) is 0 Å². The van der Waals surface area contributed by atoms with E-state index in [1.165, 1.54) is 5.56 Å². The normalized spacial score (nSPS) is 23.9. The first kappa shape index (κ1) is 12.3. The number of ketones is 1. The predicted octanol–water partition coefficient (Wildman–Crippen LogP) is 3.15. The van der Waals surface area contributed by atoms with Crippen molar-refractivity contribution in [2.45, 2.75) is 24.8 Å². The molecule has 0 saturated carbocycles. The maximum atomic E-state index is 12.8. The molecule has 0 radical (unpaired) electrons. The number of benzene rings is 2. The fourth-order valence-corrected chi connectivity index (χ4v) is 3.55. The molecule has 21 heavy (non-hydrogen) atoms. The molecule has 0 amide bonds. The van der Waals surface area contributed by atoms with Gasteiger partial charge in [0.15, 0.2) is 5.78 Å². The van der Waals surface area contributed by atoms with E-state index in [4.69, 9.17) is 5.41 Å². The Bertz CT molecular complexity index is 723. The Morgan fingerprint density at radius 3 is 2.52 bits per heavy atom. The van der Waals surface area contributed by atoms with Crippen LogP contribution >= 0.6 is 0 Å². The summed E-state index contributed by atoms with van der Waals surface area (Å²) in [5.74, 6) is 0.173. The molecular weight excluding hydrogens is 260 g/mol. The van der Waals surface area contributed by atoms with Gasteiger partial charge in [-0.1, -0.05) is 48.5 Å². The second kappa shape index (κ2) is 4.55. The minimum atomic E-state index is -0.414. The third-order valence-electron chi connectivity index (χ3n) is 4.53. The maximum absolute atomic E-state index is 12.8. The van der Waals surface area contributed by atoms with Gasteiger partial charge in [-0.15, -0.1) is 0 Å². The van der Waals surface area contributed by atoms with E-state index in [2.05, 4.69) is 6.07 Å². The molecule has 2 heterocycles. The van der Waals surface area contributed by atoms with E-state index >= 15 is 0 Å². The molecule has 0 aromatic heterocycles. The zero-order valence-corrected chi connectivity index (χ0v) is 11.6. The Morgan fingerprint density at radius 1 is 1.00 bits per heavy atom. The molecule has 1 fully saturated rings. The van der Waals surface area contributed by atoms with Crippen molar-refractivity contribution in [2.75, 3.05) is 4.90 Å². The van der Waals surface area contributed by atoms with Crippen LogP contribution in [0.2, 0.25) is 0 Å². The number of hydrogen-bond donors (Lipinski definition) is 1. The number of amidine groups is 1. The van der Waals surface area contributed by atoms with Crippen molar-refractivity contribution >= 4 is 17.3 Å². The number of fused-ring (bicyclic) bond motifs is 3. The number of anilines is 1. The van der Waals surface area contributed by atoms with Crippen molar-refractivity contribution in [3.8, 4) is 0 Å². The second-order valence-corrected chi connectivity index (χ2v) is 5.68. The molecular formula is C18H16N2O. The fraction of sp³-hybridized carbons (Fsp3) is 0.222. The Labute approximate surface area is 123 Å². The number of carbonyl (C=O) groups is 1. The molecule has 3 heteroatoms. The van der Waals surface area contributed by atoms with Crippen molar-refractivity contribution in [3.63, 3.8) is 0 Å². The number of nitrogens with one attached hydrogen (secondary N) is 1. The average Bonchev–Trinajstić information content (AvgIpc) is 2.80.